The summed E-state index contributed by atoms with van der Waals surface area (Å²) in [4.78, 5) is 13.6. The van der Waals surface area contributed by atoms with Gasteiger partial charge in [-0.15, -0.1) is 10.2 Å². The lowest BCUT2D eigenvalue weighted by Crippen LogP contribution is -2.23. The van der Waals surface area contributed by atoms with Gasteiger partial charge in [-0.2, -0.15) is 0 Å². The maximum absolute atomic E-state index is 12.0. The van der Waals surface area contributed by atoms with E-state index in [0.717, 1.165) is 22.8 Å². The van der Waals surface area contributed by atoms with Gasteiger partial charge in [-0.05, 0) is 36.8 Å². The molecular weight excluding hydrogens is 372 g/mol. The van der Waals surface area contributed by atoms with Crippen molar-refractivity contribution in [1.29, 1.82) is 0 Å². The second-order valence-corrected chi connectivity index (χ2v) is 7.34. The summed E-state index contributed by atoms with van der Waals surface area (Å²) < 4.78 is 7.55. The van der Waals surface area contributed by atoms with Crippen LogP contribution in [0, 0.1) is 0 Å². The van der Waals surface area contributed by atoms with Crippen LogP contribution in [0.2, 0.25) is 0 Å². The van der Waals surface area contributed by atoms with E-state index in [2.05, 4.69) is 22.3 Å². The highest BCUT2D eigenvalue weighted by Crippen LogP contribution is 2.25. The van der Waals surface area contributed by atoms with E-state index in [1.54, 1.807) is 19.0 Å². The highest BCUT2D eigenvalue weighted by molar-refractivity contribution is 7.99. The van der Waals surface area contributed by atoms with Crippen LogP contribution >= 0.6 is 11.8 Å². The van der Waals surface area contributed by atoms with Crippen LogP contribution in [0.4, 0.5) is 0 Å². The minimum absolute atomic E-state index is 0.0378. The molecule has 0 N–H and O–H groups in total. The van der Waals surface area contributed by atoms with Gasteiger partial charge in [-0.1, -0.05) is 42.1 Å². The Morgan fingerprint density at radius 2 is 1.79 bits per heavy atom. The van der Waals surface area contributed by atoms with Gasteiger partial charge in [0.2, 0.25) is 5.91 Å². The van der Waals surface area contributed by atoms with E-state index >= 15 is 0 Å². The van der Waals surface area contributed by atoms with Crippen molar-refractivity contribution in [3.05, 3.63) is 66.0 Å². The first kappa shape index (κ1) is 19.9. The summed E-state index contributed by atoms with van der Waals surface area (Å²) in [6, 6.07) is 18.0. The highest BCUT2D eigenvalue weighted by atomic mass is 32.2. The van der Waals surface area contributed by atoms with Crippen LogP contribution in [0.15, 0.2) is 59.8 Å². The molecule has 6 nitrogen and oxygen atoms in total. The molecule has 146 valence electrons. The van der Waals surface area contributed by atoms with Gasteiger partial charge in [0.25, 0.3) is 0 Å². The Labute approximate surface area is 169 Å². The van der Waals surface area contributed by atoms with E-state index in [0.29, 0.717) is 23.9 Å². The third kappa shape index (κ3) is 4.92. The lowest BCUT2D eigenvalue weighted by atomic mass is 10.1. The van der Waals surface area contributed by atoms with Gasteiger partial charge in [0.1, 0.15) is 11.6 Å². The quantitative estimate of drug-likeness (QED) is 0.546. The molecule has 0 aliphatic carbocycles. The molecule has 3 aromatic rings. The number of thioether (sulfide) groups is 1. The zero-order chi connectivity index (χ0) is 19.9. The Balaban J connectivity index is 1.92. The second kappa shape index (κ2) is 9.41. The van der Waals surface area contributed by atoms with Crippen molar-refractivity contribution in [2.75, 3.05) is 26.5 Å². The van der Waals surface area contributed by atoms with Gasteiger partial charge >= 0.3 is 0 Å². The molecule has 0 atom stereocenters. The summed E-state index contributed by atoms with van der Waals surface area (Å²) in [6.07, 6.45) is 0.656. The summed E-state index contributed by atoms with van der Waals surface area (Å²) >= 11 is 1.39. The average Bonchev–Trinajstić information content (AvgIpc) is 3.10. The Morgan fingerprint density at radius 1 is 1.07 bits per heavy atom. The second-order valence-electron chi connectivity index (χ2n) is 6.40. The summed E-state index contributed by atoms with van der Waals surface area (Å²) in [5, 5.41) is 9.46. The number of carbonyl (C=O) groups is 1. The number of ether oxygens (including phenoxy) is 1. The molecule has 0 unspecified atom stereocenters. The molecule has 3 rings (SSSR count). The number of amides is 1. The molecule has 0 aliphatic heterocycles. The van der Waals surface area contributed by atoms with Crippen LogP contribution < -0.4 is 4.74 Å². The molecule has 0 spiro atoms. The summed E-state index contributed by atoms with van der Waals surface area (Å²) in [7, 11) is 3.50. The summed E-state index contributed by atoms with van der Waals surface area (Å²) in [5.41, 5.74) is 2.10. The topological polar surface area (TPSA) is 60.2 Å². The molecule has 0 aliphatic rings. The lowest BCUT2D eigenvalue weighted by Gasteiger charge is -2.13. The highest BCUT2D eigenvalue weighted by Gasteiger charge is 2.17. The smallest absolute Gasteiger partial charge is 0.232 e. The van der Waals surface area contributed by atoms with Crippen LogP contribution in [0.5, 0.6) is 5.75 Å². The number of hydrogen-bond donors (Lipinski definition) is 0. The fraction of sp³-hybridized carbons (Fsp3) is 0.286. The standard InChI is InChI=1S/C21H24N4O2S/c1-4-27-18-12-10-17(11-13-18)25-19(14-16-8-6-5-7-9-16)22-23-21(25)28-15-20(26)24(2)3/h5-13H,4,14-15H2,1-3H3. The van der Waals surface area contributed by atoms with Gasteiger partial charge in [0.15, 0.2) is 5.16 Å². The van der Waals surface area contributed by atoms with Crippen molar-refractivity contribution >= 4 is 17.7 Å². The maximum Gasteiger partial charge on any atom is 0.232 e. The zero-order valence-electron chi connectivity index (χ0n) is 16.3. The van der Waals surface area contributed by atoms with E-state index in [4.69, 9.17) is 4.74 Å². The van der Waals surface area contributed by atoms with E-state index in [1.165, 1.54) is 11.8 Å². The molecule has 7 heteroatoms. The number of carbonyl (C=O) groups excluding carboxylic acids is 1. The number of rotatable bonds is 8. The van der Waals surface area contributed by atoms with Gasteiger partial charge < -0.3 is 9.64 Å². The van der Waals surface area contributed by atoms with Gasteiger partial charge in [0, 0.05) is 26.2 Å². The van der Waals surface area contributed by atoms with Crippen molar-refractivity contribution in [3.63, 3.8) is 0 Å². The van der Waals surface area contributed by atoms with Crippen LogP contribution in [-0.2, 0) is 11.2 Å². The predicted octanol–water partition coefficient (Wildman–Crippen LogP) is 3.44. The minimum Gasteiger partial charge on any atom is -0.494 e. The molecule has 1 amide bonds. The Bertz CT molecular complexity index is 908. The first-order valence-electron chi connectivity index (χ1n) is 9.13. The molecule has 0 saturated carbocycles. The van der Waals surface area contributed by atoms with Crippen LogP contribution in [-0.4, -0.2) is 52.0 Å². The fourth-order valence-corrected chi connectivity index (χ4v) is 3.61. The largest absolute Gasteiger partial charge is 0.494 e. The maximum atomic E-state index is 12.0. The average molecular weight is 397 g/mol. The third-order valence-electron chi connectivity index (χ3n) is 4.13. The van der Waals surface area contributed by atoms with Crippen LogP contribution in [0.25, 0.3) is 5.69 Å². The molecular formula is C21H24N4O2S. The molecule has 1 aromatic heterocycles. The van der Waals surface area contributed by atoms with E-state index in [9.17, 15) is 4.79 Å². The first-order valence-corrected chi connectivity index (χ1v) is 10.1. The fourth-order valence-electron chi connectivity index (χ4n) is 2.66. The Hall–Kier alpha value is -2.80. The normalized spacial score (nSPS) is 10.7. The third-order valence-corrected chi connectivity index (χ3v) is 5.05. The lowest BCUT2D eigenvalue weighted by molar-refractivity contribution is -0.125. The number of aromatic nitrogens is 3. The van der Waals surface area contributed by atoms with E-state index in [-0.39, 0.29) is 5.91 Å². The summed E-state index contributed by atoms with van der Waals surface area (Å²) in [5.74, 6) is 2.00. The monoisotopic (exact) mass is 396 g/mol. The zero-order valence-corrected chi connectivity index (χ0v) is 17.1. The van der Waals surface area contributed by atoms with Crippen molar-refractivity contribution in [2.24, 2.45) is 0 Å². The van der Waals surface area contributed by atoms with Gasteiger partial charge in [-0.3, -0.25) is 9.36 Å². The van der Waals surface area contributed by atoms with Gasteiger partial charge in [-0.25, -0.2) is 0 Å². The van der Waals surface area contributed by atoms with Crippen molar-refractivity contribution in [3.8, 4) is 11.4 Å². The number of benzene rings is 2. The van der Waals surface area contributed by atoms with E-state index < -0.39 is 0 Å². The number of nitrogens with zero attached hydrogens (tertiary/aromatic N) is 4. The molecule has 0 radical (unpaired) electrons. The Kier molecular flexibility index (Phi) is 6.71. The summed E-state index contributed by atoms with van der Waals surface area (Å²) in [6.45, 7) is 2.58. The molecule has 28 heavy (non-hydrogen) atoms. The first-order chi connectivity index (χ1) is 13.6. The van der Waals surface area contributed by atoms with Gasteiger partial charge in [0.05, 0.1) is 12.4 Å². The molecule has 0 saturated heterocycles. The van der Waals surface area contributed by atoms with Crippen molar-refractivity contribution in [2.45, 2.75) is 18.5 Å². The van der Waals surface area contributed by atoms with E-state index in [1.807, 2.05) is 54.0 Å². The van der Waals surface area contributed by atoms with Crippen molar-refractivity contribution < 1.29 is 9.53 Å². The molecule has 1 heterocycles. The molecule has 0 bridgehead atoms. The minimum atomic E-state index is 0.0378. The number of hydrogen-bond acceptors (Lipinski definition) is 5. The SMILES string of the molecule is CCOc1ccc(-n2c(Cc3ccccc3)nnc2SCC(=O)N(C)C)cc1. The van der Waals surface area contributed by atoms with Crippen LogP contribution in [0.3, 0.4) is 0 Å². The van der Waals surface area contributed by atoms with Crippen molar-refractivity contribution in [1.82, 2.24) is 19.7 Å². The van der Waals surface area contributed by atoms with Crippen LogP contribution in [0.1, 0.15) is 18.3 Å². The molecule has 0 fully saturated rings. The molecule has 2 aromatic carbocycles. The Morgan fingerprint density at radius 3 is 2.43 bits per heavy atom. The predicted molar refractivity (Wildman–Crippen MR) is 111 cm³/mol.